The van der Waals surface area contributed by atoms with Gasteiger partial charge in [0, 0.05) is 26.2 Å². The molecule has 1 aliphatic carbocycles. The molecule has 0 N–H and O–H groups in total. The van der Waals surface area contributed by atoms with E-state index in [1.165, 1.54) is 57.6 Å². The molecular formula is C17H35IN2. The zero-order valence-electron chi connectivity index (χ0n) is 14.2. The summed E-state index contributed by atoms with van der Waals surface area (Å²) < 4.78 is 0. The largest absolute Gasteiger partial charge is 0.304 e. The van der Waals surface area contributed by atoms with E-state index >= 15 is 0 Å². The second-order valence-corrected chi connectivity index (χ2v) is 5.07. The third kappa shape index (κ3) is 11.9. The lowest BCUT2D eigenvalue weighted by Gasteiger charge is -2.31. The summed E-state index contributed by atoms with van der Waals surface area (Å²) in [6.07, 6.45) is 10.4. The molecule has 20 heavy (non-hydrogen) atoms. The van der Waals surface area contributed by atoms with E-state index in [9.17, 15) is 0 Å². The molecule has 3 heteroatoms. The number of hydrogen-bond donors (Lipinski definition) is 0. The van der Waals surface area contributed by atoms with E-state index in [0.717, 1.165) is 0 Å². The summed E-state index contributed by atoms with van der Waals surface area (Å²) in [7, 11) is 2.20. The predicted octanol–water partition coefficient (Wildman–Crippen LogP) is 4.57. The first kappa shape index (κ1) is 22.4. The third-order valence-electron chi connectivity index (χ3n) is 3.32. The zero-order chi connectivity index (χ0) is 14.5. The van der Waals surface area contributed by atoms with Crippen LogP contribution in [0.1, 0.15) is 47.0 Å². The second-order valence-electron chi connectivity index (χ2n) is 5.07. The third-order valence-corrected chi connectivity index (χ3v) is 3.32. The van der Waals surface area contributed by atoms with Gasteiger partial charge in [-0.1, -0.05) is 44.6 Å². The van der Waals surface area contributed by atoms with Crippen molar-refractivity contribution in [3.8, 4) is 0 Å². The molecule has 0 amide bonds. The van der Waals surface area contributed by atoms with E-state index < -0.39 is 0 Å². The lowest BCUT2D eigenvalue weighted by Crippen LogP contribution is -2.44. The standard InChI is InChI=1S/C8H18N2.C7H10.C2H6.HI/c1-3-4-10-7-5-9(2)6-8-10;1-7-5-3-2-4-6-7;1-2;/h3-8H2,1-2H3;3,5-6H,2,4H2,1H3;1-2H3;1H. The first-order chi connectivity index (χ1) is 9.22. The second kappa shape index (κ2) is 15.5. The van der Waals surface area contributed by atoms with Gasteiger partial charge in [0.25, 0.3) is 0 Å². The molecule has 1 heterocycles. The van der Waals surface area contributed by atoms with E-state index in [2.05, 4.69) is 48.9 Å². The van der Waals surface area contributed by atoms with Crippen LogP contribution in [0.15, 0.2) is 23.8 Å². The maximum atomic E-state index is 2.54. The summed E-state index contributed by atoms with van der Waals surface area (Å²) in [4.78, 5) is 4.94. The molecule has 1 aliphatic heterocycles. The van der Waals surface area contributed by atoms with E-state index in [4.69, 9.17) is 0 Å². The zero-order valence-corrected chi connectivity index (χ0v) is 16.5. The predicted molar refractivity (Wildman–Crippen MR) is 103 cm³/mol. The Morgan fingerprint density at radius 2 is 1.65 bits per heavy atom. The molecule has 2 rings (SSSR count). The molecule has 0 spiro atoms. The van der Waals surface area contributed by atoms with Gasteiger partial charge in [0.2, 0.25) is 0 Å². The molecule has 120 valence electrons. The SMILES string of the molecule is CC.CC1=CCCC=C1.CCCN1CCN(C)CC1.I. The highest BCUT2D eigenvalue weighted by Gasteiger charge is 2.11. The van der Waals surface area contributed by atoms with Crippen molar-refractivity contribution >= 4 is 24.0 Å². The summed E-state index contributed by atoms with van der Waals surface area (Å²) in [6, 6.07) is 0. The Morgan fingerprint density at radius 1 is 1.05 bits per heavy atom. The smallest absolute Gasteiger partial charge is 0.0110 e. The molecule has 0 radical (unpaired) electrons. The fourth-order valence-electron chi connectivity index (χ4n) is 2.13. The number of nitrogens with zero attached hydrogens (tertiary/aromatic N) is 2. The molecule has 1 fully saturated rings. The van der Waals surface area contributed by atoms with Crippen LogP contribution in [0.5, 0.6) is 0 Å². The summed E-state index contributed by atoms with van der Waals surface area (Å²) >= 11 is 0. The Hall–Kier alpha value is 0.130. The van der Waals surface area contributed by atoms with Gasteiger partial charge in [-0.25, -0.2) is 0 Å². The summed E-state index contributed by atoms with van der Waals surface area (Å²) in [5, 5.41) is 0. The molecule has 0 aromatic heterocycles. The normalized spacial score (nSPS) is 18.8. The molecule has 2 aliphatic rings. The minimum atomic E-state index is 0. The Bertz CT molecular complexity index is 254. The van der Waals surface area contributed by atoms with E-state index in [0.29, 0.717) is 0 Å². The van der Waals surface area contributed by atoms with Gasteiger partial charge in [-0.3, -0.25) is 0 Å². The monoisotopic (exact) mass is 394 g/mol. The van der Waals surface area contributed by atoms with Gasteiger partial charge >= 0.3 is 0 Å². The van der Waals surface area contributed by atoms with Crippen LogP contribution in [0.25, 0.3) is 0 Å². The Labute approximate surface area is 144 Å². The first-order valence-corrected chi connectivity index (χ1v) is 7.96. The molecule has 2 nitrogen and oxygen atoms in total. The van der Waals surface area contributed by atoms with Crippen LogP contribution in [-0.2, 0) is 0 Å². The van der Waals surface area contributed by atoms with Crippen molar-refractivity contribution in [1.82, 2.24) is 9.80 Å². The van der Waals surface area contributed by atoms with Gasteiger partial charge in [-0.2, -0.15) is 0 Å². The maximum Gasteiger partial charge on any atom is 0.0110 e. The fraction of sp³-hybridized carbons (Fsp3) is 0.765. The minimum Gasteiger partial charge on any atom is -0.304 e. The molecule has 0 aromatic rings. The number of piperazine rings is 1. The Balaban J connectivity index is 0. The molecule has 0 bridgehead atoms. The van der Waals surface area contributed by atoms with E-state index in [1.807, 2.05) is 13.8 Å². The molecular weight excluding hydrogens is 359 g/mol. The van der Waals surface area contributed by atoms with E-state index in [-0.39, 0.29) is 24.0 Å². The lowest BCUT2D eigenvalue weighted by atomic mass is 10.1. The molecule has 0 aromatic carbocycles. The van der Waals surface area contributed by atoms with Crippen molar-refractivity contribution in [1.29, 1.82) is 0 Å². The quantitative estimate of drug-likeness (QED) is 0.633. The van der Waals surface area contributed by atoms with Crippen molar-refractivity contribution in [2.45, 2.75) is 47.0 Å². The number of halogens is 1. The average molecular weight is 394 g/mol. The highest BCUT2D eigenvalue weighted by Crippen LogP contribution is 2.06. The highest BCUT2D eigenvalue weighted by atomic mass is 127. The maximum absolute atomic E-state index is 2.54. The summed E-state index contributed by atoms with van der Waals surface area (Å²) in [6.45, 7) is 14.7. The molecule has 0 saturated carbocycles. The van der Waals surface area contributed by atoms with Crippen LogP contribution in [0.3, 0.4) is 0 Å². The van der Waals surface area contributed by atoms with Gasteiger partial charge in [0.1, 0.15) is 0 Å². The number of rotatable bonds is 2. The molecule has 0 unspecified atom stereocenters. The van der Waals surface area contributed by atoms with Gasteiger partial charge < -0.3 is 9.80 Å². The first-order valence-electron chi connectivity index (χ1n) is 7.96. The highest BCUT2D eigenvalue weighted by molar-refractivity contribution is 14.0. The minimum absolute atomic E-state index is 0. The summed E-state index contributed by atoms with van der Waals surface area (Å²) in [5.74, 6) is 0. The van der Waals surface area contributed by atoms with Crippen LogP contribution in [0.4, 0.5) is 0 Å². The van der Waals surface area contributed by atoms with Crippen LogP contribution in [0, 0.1) is 0 Å². The van der Waals surface area contributed by atoms with Crippen LogP contribution in [0.2, 0.25) is 0 Å². The Morgan fingerprint density at radius 3 is 2.00 bits per heavy atom. The van der Waals surface area contributed by atoms with Crippen molar-refractivity contribution in [3.05, 3.63) is 23.8 Å². The van der Waals surface area contributed by atoms with Gasteiger partial charge in [0.05, 0.1) is 0 Å². The Kier molecular flexibility index (Phi) is 17.4. The van der Waals surface area contributed by atoms with Crippen LogP contribution < -0.4 is 0 Å². The van der Waals surface area contributed by atoms with Crippen molar-refractivity contribution in [3.63, 3.8) is 0 Å². The summed E-state index contributed by atoms with van der Waals surface area (Å²) in [5.41, 5.74) is 1.41. The lowest BCUT2D eigenvalue weighted by molar-refractivity contribution is 0.154. The van der Waals surface area contributed by atoms with Gasteiger partial charge in [0.15, 0.2) is 0 Å². The van der Waals surface area contributed by atoms with Crippen LogP contribution in [-0.4, -0.2) is 49.6 Å². The van der Waals surface area contributed by atoms with Crippen molar-refractivity contribution in [2.24, 2.45) is 0 Å². The topological polar surface area (TPSA) is 6.48 Å². The average Bonchev–Trinajstić information content (AvgIpc) is 2.45. The fourth-order valence-corrected chi connectivity index (χ4v) is 2.13. The molecule has 1 saturated heterocycles. The molecule has 0 atom stereocenters. The van der Waals surface area contributed by atoms with E-state index in [1.54, 1.807) is 0 Å². The number of allylic oxidation sites excluding steroid dienone is 4. The van der Waals surface area contributed by atoms with Gasteiger partial charge in [-0.05, 0) is 39.8 Å². The van der Waals surface area contributed by atoms with Crippen molar-refractivity contribution in [2.75, 3.05) is 39.8 Å². The van der Waals surface area contributed by atoms with Gasteiger partial charge in [-0.15, -0.1) is 24.0 Å². The van der Waals surface area contributed by atoms with Crippen molar-refractivity contribution < 1.29 is 0 Å². The number of hydrogen-bond acceptors (Lipinski definition) is 2. The van der Waals surface area contributed by atoms with Crippen LogP contribution >= 0.6 is 24.0 Å². The number of likely N-dealkylation sites (N-methyl/N-ethyl adjacent to an activating group) is 1.